The van der Waals surface area contributed by atoms with Crippen molar-refractivity contribution in [2.24, 2.45) is 0 Å². The monoisotopic (exact) mass is 739 g/mol. The minimum atomic E-state index is 0.882. The molecule has 0 atom stereocenters. The molecule has 0 aliphatic rings. The number of fused-ring (bicyclic) bond motifs is 6. The first-order valence-electron chi connectivity index (χ1n) is 19.8. The lowest BCUT2D eigenvalue weighted by Crippen LogP contribution is -2.11. The topological polar surface area (TPSA) is 16.4 Å². The Balaban J connectivity index is 1.05. The van der Waals surface area contributed by atoms with Crippen molar-refractivity contribution in [1.82, 2.24) is 0 Å². The molecule has 272 valence electrons. The van der Waals surface area contributed by atoms with Gasteiger partial charge >= 0.3 is 0 Å². The third kappa shape index (κ3) is 5.82. The normalized spacial score (nSPS) is 11.4. The number of para-hydroxylation sites is 1. The van der Waals surface area contributed by atoms with Crippen molar-refractivity contribution in [3.05, 3.63) is 224 Å². The standard InChI is InChI=1S/C56H37NO/c1-2-12-38(13-3-1)39-24-26-40(27-25-39)41-28-33-45(34-29-41)57(46-35-30-44(31-36-46)48-20-10-16-42-14-4-6-17-47(42)48)53-22-9-8-19-50(53)51-21-11-23-54-55(51)52-37-32-43-15-5-7-18-49(43)56(52)58-54/h1-37H. The van der Waals surface area contributed by atoms with Gasteiger partial charge in [-0.05, 0) is 97.6 Å². The second-order valence-electron chi connectivity index (χ2n) is 14.9. The Kier molecular flexibility index (Phi) is 8.19. The Labute approximate surface area is 337 Å². The maximum atomic E-state index is 6.66. The molecule has 0 aliphatic heterocycles. The zero-order chi connectivity index (χ0) is 38.4. The van der Waals surface area contributed by atoms with Crippen molar-refractivity contribution in [1.29, 1.82) is 0 Å². The minimum absolute atomic E-state index is 0.882. The van der Waals surface area contributed by atoms with E-state index in [-0.39, 0.29) is 0 Å². The molecule has 2 heteroatoms. The number of benzene rings is 10. The van der Waals surface area contributed by atoms with Gasteiger partial charge in [0.15, 0.2) is 0 Å². The Morgan fingerprint density at radius 1 is 0.293 bits per heavy atom. The quantitative estimate of drug-likeness (QED) is 0.162. The van der Waals surface area contributed by atoms with Crippen LogP contribution in [0.3, 0.4) is 0 Å². The van der Waals surface area contributed by atoms with Gasteiger partial charge in [0.2, 0.25) is 0 Å². The molecule has 0 fully saturated rings. The van der Waals surface area contributed by atoms with E-state index in [1.54, 1.807) is 0 Å². The largest absolute Gasteiger partial charge is 0.455 e. The van der Waals surface area contributed by atoms with Crippen LogP contribution < -0.4 is 4.90 Å². The predicted molar refractivity (Wildman–Crippen MR) is 245 cm³/mol. The van der Waals surface area contributed by atoms with Gasteiger partial charge in [0, 0.05) is 33.1 Å². The molecular formula is C56H37NO. The number of anilines is 3. The van der Waals surface area contributed by atoms with E-state index < -0.39 is 0 Å². The van der Waals surface area contributed by atoms with E-state index in [9.17, 15) is 0 Å². The molecule has 0 amide bonds. The lowest BCUT2D eigenvalue weighted by atomic mass is 9.95. The van der Waals surface area contributed by atoms with Gasteiger partial charge < -0.3 is 9.32 Å². The first kappa shape index (κ1) is 33.6. The number of rotatable bonds is 7. The van der Waals surface area contributed by atoms with Crippen molar-refractivity contribution < 1.29 is 4.42 Å². The van der Waals surface area contributed by atoms with E-state index in [1.807, 2.05) is 0 Å². The second-order valence-corrected chi connectivity index (χ2v) is 14.9. The summed E-state index contributed by atoms with van der Waals surface area (Å²) < 4.78 is 6.66. The molecule has 0 saturated heterocycles. The minimum Gasteiger partial charge on any atom is -0.455 e. The van der Waals surface area contributed by atoms with Crippen LogP contribution in [0.1, 0.15) is 0 Å². The molecule has 0 aliphatic carbocycles. The summed E-state index contributed by atoms with van der Waals surface area (Å²) in [6.45, 7) is 0. The highest BCUT2D eigenvalue weighted by molar-refractivity contribution is 6.19. The van der Waals surface area contributed by atoms with Crippen LogP contribution >= 0.6 is 0 Å². The van der Waals surface area contributed by atoms with Crippen LogP contribution in [0.5, 0.6) is 0 Å². The van der Waals surface area contributed by atoms with Crippen molar-refractivity contribution in [2.75, 3.05) is 4.90 Å². The summed E-state index contributed by atoms with van der Waals surface area (Å²) in [5.74, 6) is 0. The predicted octanol–water partition coefficient (Wildman–Crippen LogP) is 16.0. The molecule has 1 heterocycles. The fourth-order valence-corrected chi connectivity index (χ4v) is 8.66. The van der Waals surface area contributed by atoms with E-state index >= 15 is 0 Å². The van der Waals surface area contributed by atoms with Crippen LogP contribution in [-0.2, 0) is 0 Å². The van der Waals surface area contributed by atoms with Crippen LogP contribution in [0.15, 0.2) is 229 Å². The first-order valence-corrected chi connectivity index (χ1v) is 19.8. The summed E-state index contributed by atoms with van der Waals surface area (Å²) in [6, 6.07) is 80.6. The van der Waals surface area contributed by atoms with Crippen LogP contribution in [-0.4, -0.2) is 0 Å². The first-order chi connectivity index (χ1) is 28.8. The van der Waals surface area contributed by atoms with Gasteiger partial charge in [0.25, 0.3) is 0 Å². The molecule has 0 bridgehead atoms. The number of nitrogens with zero attached hydrogens (tertiary/aromatic N) is 1. The fourth-order valence-electron chi connectivity index (χ4n) is 8.66. The number of furan rings is 1. The maximum absolute atomic E-state index is 6.66. The Bertz CT molecular complexity index is 3250. The SMILES string of the molecule is c1ccc(-c2ccc(-c3ccc(N(c4ccc(-c5cccc6ccccc56)cc4)c4ccccc4-c4cccc5oc6c7ccccc7ccc6c45)cc3)cc2)cc1. The third-order valence-electron chi connectivity index (χ3n) is 11.5. The van der Waals surface area contributed by atoms with Gasteiger partial charge in [-0.15, -0.1) is 0 Å². The van der Waals surface area contributed by atoms with Gasteiger partial charge in [-0.2, -0.15) is 0 Å². The molecule has 11 rings (SSSR count). The summed E-state index contributed by atoms with van der Waals surface area (Å²) in [4.78, 5) is 2.39. The van der Waals surface area contributed by atoms with Crippen LogP contribution in [0.2, 0.25) is 0 Å². The van der Waals surface area contributed by atoms with E-state index in [2.05, 4.69) is 229 Å². The molecule has 1 aromatic heterocycles. The molecule has 0 unspecified atom stereocenters. The molecule has 11 aromatic rings. The molecule has 0 N–H and O–H groups in total. The van der Waals surface area contributed by atoms with Gasteiger partial charge in [-0.3, -0.25) is 0 Å². The fraction of sp³-hybridized carbons (Fsp3) is 0. The van der Waals surface area contributed by atoms with Gasteiger partial charge in [-0.1, -0.05) is 182 Å². The lowest BCUT2D eigenvalue weighted by molar-refractivity contribution is 0.673. The van der Waals surface area contributed by atoms with Crippen molar-refractivity contribution in [2.45, 2.75) is 0 Å². The molecule has 58 heavy (non-hydrogen) atoms. The summed E-state index contributed by atoms with van der Waals surface area (Å²) in [6.07, 6.45) is 0. The number of hydrogen-bond donors (Lipinski definition) is 0. The highest BCUT2D eigenvalue weighted by Crippen LogP contribution is 2.46. The molecule has 2 nitrogen and oxygen atoms in total. The third-order valence-corrected chi connectivity index (χ3v) is 11.5. The molecule has 0 radical (unpaired) electrons. The van der Waals surface area contributed by atoms with Crippen LogP contribution in [0, 0.1) is 0 Å². The highest BCUT2D eigenvalue weighted by Gasteiger charge is 2.21. The van der Waals surface area contributed by atoms with E-state index in [0.717, 1.165) is 55.5 Å². The Morgan fingerprint density at radius 3 is 1.52 bits per heavy atom. The average Bonchev–Trinajstić information content (AvgIpc) is 3.70. The number of hydrogen-bond acceptors (Lipinski definition) is 2. The molecule has 0 saturated carbocycles. The zero-order valence-electron chi connectivity index (χ0n) is 31.7. The van der Waals surface area contributed by atoms with Crippen molar-refractivity contribution in [3.8, 4) is 44.5 Å². The van der Waals surface area contributed by atoms with E-state index in [0.29, 0.717) is 0 Å². The molecule has 10 aromatic carbocycles. The summed E-state index contributed by atoms with van der Waals surface area (Å²) >= 11 is 0. The van der Waals surface area contributed by atoms with Crippen LogP contribution in [0.4, 0.5) is 17.1 Å². The lowest BCUT2D eigenvalue weighted by Gasteiger charge is -2.28. The smallest absolute Gasteiger partial charge is 0.143 e. The van der Waals surface area contributed by atoms with Crippen molar-refractivity contribution in [3.63, 3.8) is 0 Å². The summed E-state index contributed by atoms with van der Waals surface area (Å²) in [5, 5.41) is 7.02. The van der Waals surface area contributed by atoms with Gasteiger partial charge in [0.1, 0.15) is 11.2 Å². The van der Waals surface area contributed by atoms with Gasteiger partial charge in [-0.25, -0.2) is 0 Å². The van der Waals surface area contributed by atoms with Crippen LogP contribution in [0.25, 0.3) is 88.0 Å². The van der Waals surface area contributed by atoms with Crippen molar-refractivity contribution >= 4 is 60.5 Å². The molecular weight excluding hydrogens is 703 g/mol. The van der Waals surface area contributed by atoms with Gasteiger partial charge in [0.05, 0.1) is 5.69 Å². The second kappa shape index (κ2) is 14.1. The average molecular weight is 740 g/mol. The Hall–Kier alpha value is -7.68. The summed E-state index contributed by atoms with van der Waals surface area (Å²) in [7, 11) is 0. The maximum Gasteiger partial charge on any atom is 0.143 e. The highest BCUT2D eigenvalue weighted by atomic mass is 16.3. The zero-order valence-corrected chi connectivity index (χ0v) is 31.7. The Morgan fingerprint density at radius 2 is 0.793 bits per heavy atom. The van der Waals surface area contributed by atoms with E-state index in [1.165, 1.54) is 49.5 Å². The molecule has 0 spiro atoms. The van der Waals surface area contributed by atoms with E-state index in [4.69, 9.17) is 4.42 Å². The summed E-state index contributed by atoms with van der Waals surface area (Å²) in [5.41, 5.74) is 14.5.